The summed E-state index contributed by atoms with van der Waals surface area (Å²) < 4.78 is 5.87. The summed E-state index contributed by atoms with van der Waals surface area (Å²) in [7, 11) is 0. The molecule has 0 unspecified atom stereocenters. The number of hydrogen-bond acceptors (Lipinski definition) is 6. The summed E-state index contributed by atoms with van der Waals surface area (Å²) in [5, 5.41) is 7.01. The van der Waals surface area contributed by atoms with Crippen LogP contribution in [-0.4, -0.2) is 27.7 Å². The lowest BCUT2D eigenvalue weighted by Gasteiger charge is -2.16. The molecule has 4 rings (SSSR count). The Morgan fingerprint density at radius 2 is 2.03 bits per heavy atom. The summed E-state index contributed by atoms with van der Waals surface area (Å²) in [6, 6.07) is 14.7. The summed E-state index contributed by atoms with van der Waals surface area (Å²) >= 11 is 11.2. The second-order valence-electron chi connectivity index (χ2n) is 6.04. The van der Waals surface area contributed by atoms with Crippen molar-refractivity contribution in [1.29, 1.82) is 0 Å². The van der Waals surface area contributed by atoms with Gasteiger partial charge in [-0.15, -0.1) is 11.3 Å². The fourth-order valence-corrected chi connectivity index (χ4v) is 3.95. The molecule has 2 heterocycles. The molecule has 0 amide bonds. The van der Waals surface area contributed by atoms with E-state index in [1.165, 1.54) is 17.7 Å². The minimum Gasteiger partial charge on any atom is -0.491 e. The van der Waals surface area contributed by atoms with Crippen LogP contribution in [0.3, 0.4) is 0 Å². The van der Waals surface area contributed by atoms with Crippen molar-refractivity contribution in [2.45, 2.75) is 0 Å². The lowest BCUT2D eigenvalue weighted by molar-refractivity contribution is 0.104. The van der Waals surface area contributed by atoms with Gasteiger partial charge in [-0.3, -0.25) is 4.79 Å². The number of alkyl halides is 1. The molecule has 29 heavy (non-hydrogen) atoms. The second kappa shape index (κ2) is 8.90. The van der Waals surface area contributed by atoms with Crippen LogP contribution < -0.4 is 10.1 Å². The molecule has 2 aromatic carbocycles. The minimum atomic E-state index is -0.132. The van der Waals surface area contributed by atoms with Gasteiger partial charge < -0.3 is 10.1 Å². The van der Waals surface area contributed by atoms with Gasteiger partial charge in [0.1, 0.15) is 17.9 Å². The highest BCUT2D eigenvalue weighted by molar-refractivity contribution is 9.09. The highest BCUT2D eigenvalue weighted by Crippen LogP contribution is 2.36. The molecule has 0 atom stereocenters. The normalized spacial score (nSPS) is 10.8. The molecule has 0 bridgehead atoms. The van der Waals surface area contributed by atoms with Gasteiger partial charge in [-0.25, -0.2) is 9.97 Å². The van der Waals surface area contributed by atoms with Gasteiger partial charge in [0, 0.05) is 16.3 Å². The molecule has 0 radical (unpaired) electrons. The Balaban J connectivity index is 1.76. The summed E-state index contributed by atoms with van der Waals surface area (Å²) in [6.07, 6.45) is 1.50. The van der Waals surface area contributed by atoms with Crippen LogP contribution in [0.25, 0.3) is 10.9 Å². The molecule has 1 N–H and O–H groups in total. The van der Waals surface area contributed by atoms with Crippen molar-refractivity contribution >= 4 is 67.1 Å². The smallest absolute Gasteiger partial charge is 0.204 e. The summed E-state index contributed by atoms with van der Waals surface area (Å²) in [5.74, 6) is 1.02. The number of thiophene rings is 1. The van der Waals surface area contributed by atoms with E-state index in [2.05, 4.69) is 31.2 Å². The van der Waals surface area contributed by atoms with Gasteiger partial charge in [-0.1, -0.05) is 45.7 Å². The van der Waals surface area contributed by atoms with Crippen molar-refractivity contribution in [1.82, 2.24) is 9.97 Å². The summed E-state index contributed by atoms with van der Waals surface area (Å²) in [5.41, 5.74) is 1.85. The topological polar surface area (TPSA) is 64.1 Å². The van der Waals surface area contributed by atoms with Gasteiger partial charge in [-0.2, -0.15) is 0 Å². The van der Waals surface area contributed by atoms with E-state index in [1.807, 2.05) is 35.7 Å². The van der Waals surface area contributed by atoms with Crippen LogP contribution in [-0.2, 0) is 0 Å². The van der Waals surface area contributed by atoms with Crippen LogP contribution in [0.1, 0.15) is 15.2 Å². The molecule has 0 aliphatic heterocycles. The van der Waals surface area contributed by atoms with E-state index < -0.39 is 0 Å². The maximum absolute atomic E-state index is 12.8. The molecule has 0 saturated heterocycles. The number of nitrogens with one attached hydrogen (secondary N) is 1. The van der Waals surface area contributed by atoms with Crippen LogP contribution >= 0.6 is 38.9 Å². The van der Waals surface area contributed by atoms with E-state index in [0.717, 1.165) is 10.9 Å². The largest absolute Gasteiger partial charge is 0.491 e. The van der Waals surface area contributed by atoms with Crippen molar-refractivity contribution in [3.05, 3.63) is 75.7 Å². The van der Waals surface area contributed by atoms with Crippen molar-refractivity contribution in [3.8, 4) is 5.75 Å². The van der Waals surface area contributed by atoms with Crippen LogP contribution in [0.2, 0.25) is 5.02 Å². The van der Waals surface area contributed by atoms with E-state index in [4.69, 9.17) is 16.3 Å². The summed E-state index contributed by atoms with van der Waals surface area (Å²) in [4.78, 5) is 22.1. The van der Waals surface area contributed by atoms with Crippen LogP contribution in [0.4, 0.5) is 11.5 Å². The quantitative estimate of drug-likeness (QED) is 0.252. The third-order valence-corrected chi connectivity index (χ3v) is 5.69. The molecule has 0 saturated carbocycles. The number of ketones is 1. The number of anilines is 2. The number of halogens is 2. The molecule has 0 spiro atoms. The predicted molar refractivity (Wildman–Crippen MR) is 121 cm³/mol. The maximum atomic E-state index is 12.8. The lowest BCUT2D eigenvalue weighted by Crippen LogP contribution is -2.06. The fourth-order valence-electron chi connectivity index (χ4n) is 2.87. The zero-order chi connectivity index (χ0) is 20.2. The number of aromatic nitrogens is 2. The van der Waals surface area contributed by atoms with Crippen molar-refractivity contribution in [3.63, 3.8) is 0 Å². The number of hydrogen-bond donors (Lipinski definition) is 1. The molecule has 4 aromatic rings. The Bertz CT molecular complexity index is 1160. The molecule has 5 nitrogen and oxygen atoms in total. The minimum absolute atomic E-state index is 0.132. The van der Waals surface area contributed by atoms with E-state index in [1.54, 1.807) is 18.2 Å². The third kappa shape index (κ3) is 4.27. The number of rotatable bonds is 7. The Hall–Kier alpha value is -2.48. The lowest BCUT2D eigenvalue weighted by atomic mass is 10.1. The monoisotopic (exact) mass is 487 g/mol. The first-order valence-electron chi connectivity index (χ1n) is 8.74. The maximum Gasteiger partial charge on any atom is 0.204 e. The van der Waals surface area contributed by atoms with E-state index in [9.17, 15) is 4.79 Å². The van der Waals surface area contributed by atoms with E-state index in [0.29, 0.717) is 44.7 Å². The van der Waals surface area contributed by atoms with Gasteiger partial charge in [-0.05, 0) is 35.7 Å². The number of nitrogens with zero attached hydrogens (tertiary/aromatic N) is 2. The molecular formula is C21H15BrClN3O2S. The molecule has 146 valence electrons. The number of carbonyl (C=O) groups is 1. The Kier molecular flexibility index (Phi) is 6.08. The summed E-state index contributed by atoms with van der Waals surface area (Å²) in [6.45, 7) is 0.438. The zero-order valence-corrected chi connectivity index (χ0v) is 18.2. The first kappa shape index (κ1) is 19.8. The van der Waals surface area contributed by atoms with Gasteiger partial charge in [0.05, 0.1) is 27.7 Å². The highest BCUT2D eigenvalue weighted by Gasteiger charge is 2.19. The number of fused-ring (bicyclic) bond motifs is 1. The fraction of sp³-hybridized carbons (Fsp3) is 0.0952. The van der Waals surface area contributed by atoms with Gasteiger partial charge in [0.25, 0.3) is 0 Å². The van der Waals surface area contributed by atoms with Gasteiger partial charge >= 0.3 is 0 Å². The molecule has 0 fully saturated rings. The zero-order valence-electron chi connectivity index (χ0n) is 15.1. The highest BCUT2D eigenvalue weighted by atomic mass is 79.9. The number of carbonyl (C=O) groups excluding carboxylic acids is 1. The van der Waals surface area contributed by atoms with Crippen LogP contribution in [0.5, 0.6) is 5.75 Å². The first-order chi connectivity index (χ1) is 14.2. The number of ether oxygens (including phenoxy) is 1. The van der Waals surface area contributed by atoms with Crippen LogP contribution in [0, 0.1) is 0 Å². The molecular weight excluding hydrogens is 474 g/mol. The SMILES string of the molecule is O=C(c1cccs1)c1cc(OCCBr)c(Nc2ncnc3ccccc23)cc1Cl. The van der Waals surface area contributed by atoms with Gasteiger partial charge in [0.15, 0.2) is 0 Å². The number of benzene rings is 2. The van der Waals surface area contributed by atoms with Crippen molar-refractivity contribution in [2.24, 2.45) is 0 Å². The Morgan fingerprint density at radius 3 is 2.83 bits per heavy atom. The average Bonchev–Trinajstić information content (AvgIpc) is 3.28. The van der Waals surface area contributed by atoms with Crippen molar-refractivity contribution < 1.29 is 9.53 Å². The average molecular weight is 489 g/mol. The van der Waals surface area contributed by atoms with Crippen LogP contribution in [0.15, 0.2) is 60.2 Å². The first-order valence-corrected chi connectivity index (χ1v) is 11.1. The predicted octanol–water partition coefficient (Wildman–Crippen LogP) is 6.09. The molecule has 8 heteroatoms. The van der Waals surface area contributed by atoms with Gasteiger partial charge in [0.2, 0.25) is 5.78 Å². The van der Waals surface area contributed by atoms with E-state index >= 15 is 0 Å². The number of para-hydroxylation sites is 1. The molecule has 2 aromatic heterocycles. The molecule has 0 aliphatic carbocycles. The second-order valence-corrected chi connectivity index (χ2v) is 8.18. The Labute approximate surface area is 184 Å². The molecule has 0 aliphatic rings. The Morgan fingerprint density at radius 1 is 1.17 bits per heavy atom. The van der Waals surface area contributed by atoms with Crippen molar-refractivity contribution in [2.75, 3.05) is 17.3 Å². The standard InChI is InChI=1S/C21H15BrClN3O2S/c22-7-8-28-18-10-14(20(27)19-6-3-9-29-19)15(23)11-17(18)26-21-13-4-1-2-5-16(13)24-12-25-21/h1-6,9-12H,7-8H2,(H,24,25,26). The van der Waals surface area contributed by atoms with E-state index in [-0.39, 0.29) is 5.78 Å². The third-order valence-electron chi connectivity index (χ3n) is 4.19.